The molecule has 0 aliphatic rings. The average molecular weight is 328 g/mol. The summed E-state index contributed by atoms with van der Waals surface area (Å²) in [7, 11) is 0. The number of ether oxygens (including phenoxy) is 1. The summed E-state index contributed by atoms with van der Waals surface area (Å²) in [6.07, 6.45) is 3.42. The van der Waals surface area contributed by atoms with Gasteiger partial charge in [0.1, 0.15) is 5.75 Å². The van der Waals surface area contributed by atoms with Crippen molar-refractivity contribution in [3.63, 3.8) is 0 Å². The molecule has 0 radical (unpaired) electrons. The van der Waals surface area contributed by atoms with Crippen LogP contribution in [0, 0.1) is 0 Å². The van der Waals surface area contributed by atoms with Crippen molar-refractivity contribution in [1.82, 2.24) is 0 Å². The average Bonchev–Trinajstić information content (AvgIpc) is 2.56. The number of aryl methyl sites for hydroxylation is 1. The summed E-state index contributed by atoms with van der Waals surface area (Å²) in [5.74, 6) is 0.863. The van der Waals surface area contributed by atoms with Crippen molar-refractivity contribution < 1.29 is 4.74 Å². The highest BCUT2D eigenvalue weighted by molar-refractivity contribution is 7.80. The standard InChI is InChI=1S/C19H24N2OS/c1-3-5-8-15-9-6-7-10-18(15)21-19(23)20-16-11-13-17(14-12-16)22-4-2/h6-7,9-14H,3-5,8H2,1-2H3,(H2,20,21,23). The van der Waals surface area contributed by atoms with Gasteiger partial charge in [-0.25, -0.2) is 0 Å². The predicted molar refractivity (Wildman–Crippen MR) is 103 cm³/mol. The van der Waals surface area contributed by atoms with Gasteiger partial charge in [-0.1, -0.05) is 31.5 Å². The van der Waals surface area contributed by atoms with E-state index in [4.69, 9.17) is 17.0 Å². The fraction of sp³-hybridized carbons (Fsp3) is 0.316. The Balaban J connectivity index is 1.96. The molecular formula is C19H24N2OS. The van der Waals surface area contributed by atoms with Gasteiger partial charge in [-0.05, 0) is 67.9 Å². The van der Waals surface area contributed by atoms with Crippen molar-refractivity contribution in [1.29, 1.82) is 0 Å². The van der Waals surface area contributed by atoms with Crippen LogP contribution in [0.1, 0.15) is 32.3 Å². The summed E-state index contributed by atoms with van der Waals surface area (Å²) in [6, 6.07) is 16.1. The maximum absolute atomic E-state index is 5.44. The molecule has 0 spiro atoms. The van der Waals surface area contributed by atoms with Crippen molar-refractivity contribution >= 4 is 28.7 Å². The lowest BCUT2D eigenvalue weighted by atomic mass is 10.1. The Bertz CT molecular complexity index is 626. The highest BCUT2D eigenvalue weighted by Gasteiger charge is 2.04. The molecule has 2 N–H and O–H groups in total. The van der Waals surface area contributed by atoms with E-state index in [9.17, 15) is 0 Å². The van der Waals surface area contributed by atoms with Gasteiger partial charge in [0.2, 0.25) is 0 Å². The maximum Gasteiger partial charge on any atom is 0.175 e. The molecule has 122 valence electrons. The first-order valence-corrected chi connectivity index (χ1v) is 8.52. The van der Waals surface area contributed by atoms with Gasteiger partial charge in [0.25, 0.3) is 0 Å². The Morgan fingerprint density at radius 2 is 1.74 bits per heavy atom. The summed E-state index contributed by atoms with van der Waals surface area (Å²) in [6.45, 7) is 4.84. The minimum absolute atomic E-state index is 0.595. The SMILES string of the molecule is CCCCc1ccccc1NC(=S)Nc1ccc(OCC)cc1. The van der Waals surface area contributed by atoms with Crippen molar-refractivity contribution in [3.05, 3.63) is 54.1 Å². The molecule has 4 heteroatoms. The third-order valence-corrected chi connectivity index (χ3v) is 3.69. The third kappa shape index (κ3) is 5.57. The van der Waals surface area contributed by atoms with Crippen LogP contribution in [0.15, 0.2) is 48.5 Å². The summed E-state index contributed by atoms with van der Waals surface area (Å²) in [5, 5.41) is 7.10. The molecular weight excluding hydrogens is 304 g/mol. The van der Waals surface area contributed by atoms with Crippen LogP contribution in [0.5, 0.6) is 5.75 Å². The van der Waals surface area contributed by atoms with Crippen molar-refractivity contribution in [2.45, 2.75) is 33.1 Å². The minimum Gasteiger partial charge on any atom is -0.494 e. The largest absolute Gasteiger partial charge is 0.494 e. The van der Waals surface area contributed by atoms with E-state index in [2.05, 4.69) is 35.8 Å². The van der Waals surface area contributed by atoms with Gasteiger partial charge in [-0.15, -0.1) is 0 Å². The van der Waals surface area contributed by atoms with Crippen molar-refractivity contribution in [2.24, 2.45) is 0 Å². The van der Waals surface area contributed by atoms with Gasteiger partial charge in [0, 0.05) is 11.4 Å². The highest BCUT2D eigenvalue weighted by atomic mass is 32.1. The van der Waals surface area contributed by atoms with Crippen LogP contribution in [0.2, 0.25) is 0 Å². The molecule has 2 rings (SSSR count). The summed E-state index contributed by atoms with van der Waals surface area (Å²) >= 11 is 5.42. The number of thiocarbonyl (C=S) groups is 1. The highest BCUT2D eigenvalue weighted by Crippen LogP contribution is 2.19. The lowest BCUT2D eigenvalue weighted by Crippen LogP contribution is -2.19. The number of benzene rings is 2. The number of hydrogen-bond donors (Lipinski definition) is 2. The Morgan fingerprint density at radius 3 is 2.43 bits per heavy atom. The van der Waals surface area contributed by atoms with Crippen molar-refractivity contribution in [2.75, 3.05) is 17.2 Å². The molecule has 2 aromatic carbocycles. The molecule has 0 aliphatic carbocycles. The molecule has 0 heterocycles. The van der Waals surface area contributed by atoms with E-state index in [-0.39, 0.29) is 0 Å². The van der Waals surface area contributed by atoms with E-state index in [0.29, 0.717) is 11.7 Å². The zero-order valence-electron chi connectivity index (χ0n) is 13.8. The number of para-hydroxylation sites is 1. The second-order valence-corrected chi connectivity index (χ2v) is 5.71. The van der Waals surface area contributed by atoms with Gasteiger partial charge in [-0.2, -0.15) is 0 Å². The zero-order valence-corrected chi connectivity index (χ0v) is 14.6. The molecule has 3 nitrogen and oxygen atoms in total. The Morgan fingerprint density at radius 1 is 1.00 bits per heavy atom. The van der Waals surface area contributed by atoms with Crippen LogP contribution in [0.4, 0.5) is 11.4 Å². The first-order chi connectivity index (χ1) is 11.2. The first-order valence-electron chi connectivity index (χ1n) is 8.11. The number of anilines is 2. The predicted octanol–water partition coefficient (Wildman–Crippen LogP) is 5.24. The quantitative estimate of drug-likeness (QED) is 0.681. The number of hydrogen-bond acceptors (Lipinski definition) is 2. The van der Waals surface area contributed by atoms with Gasteiger partial charge in [0.15, 0.2) is 5.11 Å². The molecule has 0 amide bonds. The van der Waals surface area contributed by atoms with Crippen LogP contribution in [-0.2, 0) is 6.42 Å². The number of unbranched alkanes of at least 4 members (excludes halogenated alkanes) is 1. The fourth-order valence-electron chi connectivity index (χ4n) is 2.31. The lowest BCUT2D eigenvalue weighted by molar-refractivity contribution is 0.340. The van der Waals surface area contributed by atoms with Crippen molar-refractivity contribution in [3.8, 4) is 5.75 Å². The molecule has 0 fully saturated rings. The first kappa shape index (κ1) is 17.3. The van der Waals surface area contributed by atoms with E-state index in [1.807, 2.05) is 37.3 Å². The van der Waals surface area contributed by atoms with Crippen LogP contribution >= 0.6 is 12.2 Å². The van der Waals surface area contributed by atoms with E-state index in [1.165, 1.54) is 18.4 Å². The smallest absolute Gasteiger partial charge is 0.175 e. The molecule has 0 atom stereocenters. The minimum atomic E-state index is 0.595. The normalized spacial score (nSPS) is 10.2. The number of rotatable bonds is 7. The molecule has 0 saturated carbocycles. The summed E-state index contributed by atoms with van der Waals surface area (Å²) in [5.41, 5.74) is 3.31. The van der Waals surface area contributed by atoms with Crippen LogP contribution in [0.25, 0.3) is 0 Å². The second kappa shape index (κ2) is 9.16. The van der Waals surface area contributed by atoms with Gasteiger partial charge in [0.05, 0.1) is 6.61 Å². The molecule has 23 heavy (non-hydrogen) atoms. The molecule has 0 saturated heterocycles. The lowest BCUT2D eigenvalue weighted by Gasteiger charge is -2.14. The van der Waals surface area contributed by atoms with Crippen LogP contribution in [0.3, 0.4) is 0 Å². The van der Waals surface area contributed by atoms with E-state index >= 15 is 0 Å². The topological polar surface area (TPSA) is 33.3 Å². The second-order valence-electron chi connectivity index (χ2n) is 5.30. The van der Waals surface area contributed by atoms with Gasteiger partial charge in [-0.3, -0.25) is 0 Å². The number of nitrogens with one attached hydrogen (secondary N) is 2. The molecule has 0 aromatic heterocycles. The van der Waals surface area contributed by atoms with E-state index in [1.54, 1.807) is 0 Å². The van der Waals surface area contributed by atoms with E-state index < -0.39 is 0 Å². The van der Waals surface area contributed by atoms with Gasteiger partial charge < -0.3 is 15.4 Å². The van der Waals surface area contributed by atoms with E-state index in [0.717, 1.165) is 23.5 Å². The Kier molecular flexibility index (Phi) is 6.88. The van der Waals surface area contributed by atoms with Crippen LogP contribution in [-0.4, -0.2) is 11.7 Å². The Labute approximate surface area is 144 Å². The fourth-order valence-corrected chi connectivity index (χ4v) is 2.54. The summed E-state index contributed by atoms with van der Waals surface area (Å²) in [4.78, 5) is 0. The maximum atomic E-state index is 5.44. The van der Waals surface area contributed by atoms with Crippen LogP contribution < -0.4 is 15.4 Å². The summed E-state index contributed by atoms with van der Waals surface area (Å²) < 4.78 is 5.44. The zero-order chi connectivity index (χ0) is 16.5. The molecule has 0 bridgehead atoms. The Hall–Kier alpha value is -2.07. The molecule has 2 aromatic rings. The monoisotopic (exact) mass is 328 g/mol. The molecule has 0 unspecified atom stereocenters. The van der Waals surface area contributed by atoms with Gasteiger partial charge >= 0.3 is 0 Å². The third-order valence-electron chi connectivity index (χ3n) is 3.49. The molecule has 0 aliphatic heterocycles.